The van der Waals surface area contributed by atoms with Crippen LogP contribution in [-0.4, -0.2) is 9.97 Å². The van der Waals surface area contributed by atoms with Crippen LogP contribution in [0.5, 0.6) is 0 Å². The van der Waals surface area contributed by atoms with Crippen molar-refractivity contribution in [3.05, 3.63) is 132 Å². The lowest BCUT2D eigenvalue weighted by molar-refractivity contribution is 0.381. The Morgan fingerprint density at radius 1 is 0.476 bits per heavy atom. The Kier molecular flexibility index (Phi) is 6.28. The summed E-state index contributed by atoms with van der Waals surface area (Å²) in [5.41, 5.74) is 5.14. The first kappa shape index (κ1) is 26.0. The van der Waals surface area contributed by atoms with Crippen molar-refractivity contribution in [3.63, 3.8) is 0 Å². The number of pyridine rings is 1. The fraction of sp³-hybridized carbons (Fsp3) is 0. The van der Waals surface area contributed by atoms with E-state index in [1.165, 1.54) is 12.1 Å². The van der Waals surface area contributed by atoms with Crippen molar-refractivity contribution >= 4 is 32.5 Å². The van der Waals surface area contributed by atoms with Gasteiger partial charge in [-0.2, -0.15) is 0 Å². The quantitative estimate of drug-likeness (QED) is 0.118. The Hall–Kier alpha value is -4.95. The molecule has 0 bridgehead atoms. The van der Waals surface area contributed by atoms with Gasteiger partial charge in [-0.25, -0.2) is 26.9 Å². The van der Waals surface area contributed by atoms with Crippen molar-refractivity contribution in [1.29, 1.82) is 0 Å². The van der Waals surface area contributed by atoms with Crippen LogP contribution in [-0.2, 0) is 0 Å². The first-order valence-electron chi connectivity index (χ1n) is 12.9. The van der Waals surface area contributed by atoms with E-state index in [9.17, 15) is 22.0 Å². The number of nitrogens with zero attached hydrogens (tertiary/aromatic N) is 2. The molecule has 0 saturated carbocycles. The Morgan fingerprint density at radius 3 is 1.74 bits per heavy atom. The summed E-state index contributed by atoms with van der Waals surface area (Å²) in [6, 6.07) is 29.8. The molecule has 42 heavy (non-hydrogen) atoms. The summed E-state index contributed by atoms with van der Waals surface area (Å²) in [6.45, 7) is 0. The highest BCUT2D eigenvalue weighted by Crippen LogP contribution is 2.35. The molecular formula is C34H17F5N2S. The normalized spacial score (nSPS) is 11.5. The van der Waals surface area contributed by atoms with Crippen LogP contribution in [0.2, 0.25) is 0 Å². The number of hydrogen-bond donors (Lipinski definition) is 0. The van der Waals surface area contributed by atoms with Gasteiger partial charge in [-0.3, -0.25) is 4.98 Å². The second-order valence-corrected chi connectivity index (χ2v) is 10.7. The number of halogens is 5. The van der Waals surface area contributed by atoms with Crippen LogP contribution in [0.25, 0.3) is 65.1 Å². The van der Waals surface area contributed by atoms with Crippen LogP contribution in [0, 0.1) is 29.1 Å². The van der Waals surface area contributed by atoms with E-state index in [0.717, 1.165) is 48.4 Å². The average Bonchev–Trinajstić information content (AvgIpc) is 3.47. The minimum Gasteiger partial charge on any atom is -0.256 e. The van der Waals surface area contributed by atoms with E-state index >= 15 is 0 Å². The van der Waals surface area contributed by atoms with E-state index in [0.29, 0.717) is 5.56 Å². The molecule has 2 heterocycles. The van der Waals surface area contributed by atoms with Gasteiger partial charge in [0.05, 0.1) is 21.3 Å². The summed E-state index contributed by atoms with van der Waals surface area (Å²) in [5, 5.41) is 1.89. The monoisotopic (exact) mass is 580 g/mol. The molecule has 0 fully saturated rings. The molecule has 204 valence electrons. The molecule has 0 aliphatic rings. The highest BCUT2D eigenvalue weighted by atomic mass is 32.1. The highest BCUT2D eigenvalue weighted by molar-refractivity contribution is 7.21. The number of benzene rings is 5. The zero-order valence-corrected chi connectivity index (χ0v) is 22.3. The molecular weight excluding hydrogens is 563 g/mol. The second-order valence-electron chi connectivity index (χ2n) is 9.72. The predicted molar refractivity (Wildman–Crippen MR) is 156 cm³/mol. The van der Waals surface area contributed by atoms with Crippen molar-refractivity contribution in [2.45, 2.75) is 0 Å². The highest BCUT2D eigenvalue weighted by Gasteiger charge is 2.26. The van der Waals surface area contributed by atoms with E-state index in [1.54, 1.807) is 29.7 Å². The molecule has 0 radical (unpaired) electrons. The third-order valence-electron chi connectivity index (χ3n) is 7.16. The van der Waals surface area contributed by atoms with Crippen molar-refractivity contribution in [2.24, 2.45) is 0 Å². The zero-order chi connectivity index (χ0) is 29.0. The van der Waals surface area contributed by atoms with Crippen molar-refractivity contribution in [2.75, 3.05) is 0 Å². The minimum atomic E-state index is -2.18. The summed E-state index contributed by atoms with van der Waals surface area (Å²) in [7, 11) is 0. The molecule has 7 rings (SSSR count). The van der Waals surface area contributed by atoms with Crippen molar-refractivity contribution in [3.8, 4) is 44.0 Å². The van der Waals surface area contributed by atoms with Gasteiger partial charge in [-0.05, 0) is 46.5 Å². The average molecular weight is 581 g/mol. The standard InChI is InChI=1S/C34H17F5N2S/c35-29-28(30(36)32(38)33(39)31(29)37)20-9-5-18(6-10-20)22-13-14-23-15-24(17-40-26(23)16-22)19-7-11-21(12-8-19)34-41-25-3-1-2-4-27(25)42-34/h1-17H. The summed E-state index contributed by atoms with van der Waals surface area (Å²) in [6.07, 6.45) is 1.80. The lowest BCUT2D eigenvalue weighted by Crippen LogP contribution is -2.03. The van der Waals surface area contributed by atoms with E-state index in [1.807, 2.05) is 54.6 Å². The molecule has 0 spiro atoms. The van der Waals surface area contributed by atoms with Crippen molar-refractivity contribution in [1.82, 2.24) is 9.97 Å². The van der Waals surface area contributed by atoms with Gasteiger partial charge in [0.25, 0.3) is 0 Å². The predicted octanol–water partition coefficient (Wildman–Crippen LogP) is 10.2. The van der Waals surface area contributed by atoms with Gasteiger partial charge in [0.2, 0.25) is 5.82 Å². The van der Waals surface area contributed by atoms with Gasteiger partial charge >= 0.3 is 0 Å². The summed E-state index contributed by atoms with van der Waals surface area (Å²) in [5.74, 6) is -9.86. The van der Waals surface area contributed by atoms with Gasteiger partial charge in [0, 0.05) is 22.7 Å². The van der Waals surface area contributed by atoms with Gasteiger partial charge in [0.15, 0.2) is 23.3 Å². The van der Waals surface area contributed by atoms with Gasteiger partial charge in [-0.1, -0.05) is 72.8 Å². The maximum atomic E-state index is 14.2. The second kappa shape index (κ2) is 10.2. The van der Waals surface area contributed by atoms with Gasteiger partial charge in [-0.15, -0.1) is 11.3 Å². The third kappa shape index (κ3) is 4.40. The lowest BCUT2D eigenvalue weighted by Gasteiger charge is -2.10. The number of thiazole rings is 1. The Bertz CT molecular complexity index is 2080. The van der Waals surface area contributed by atoms with Crippen LogP contribution in [0.3, 0.4) is 0 Å². The third-order valence-corrected chi connectivity index (χ3v) is 8.25. The molecule has 0 N–H and O–H groups in total. The molecule has 0 atom stereocenters. The van der Waals surface area contributed by atoms with Crippen LogP contribution < -0.4 is 0 Å². The number of hydrogen-bond acceptors (Lipinski definition) is 3. The van der Waals surface area contributed by atoms with Crippen LogP contribution in [0.1, 0.15) is 0 Å². The Labute approximate surface area is 240 Å². The first-order valence-corrected chi connectivity index (χ1v) is 13.7. The zero-order valence-electron chi connectivity index (χ0n) is 21.5. The molecule has 5 aromatic carbocycles. The number of fused-ring (bicyclic) bond motifs is 2. The summed E-state index contributed by atoms with van der Waals surface area (Å²) >= 11 is 1.66. The molecule has 0 aliphatic carbocycles. The van der Waals surface area contributed by atoms with E-state index in [2.05, 4.69) is 23.2 Å². The van der Waals surface area contributed by atoms with Crippen LogP contribution >= 0.6 is 11.3 Å². The first-order chi connectivity index (χ1) is 20.4. The van der Waals surface area contributed by atoms with E-state index in [-0.39, 0.29) is 5.56 Å². The number of rotatable bonds is 4. The number of aromatic nitrogens is 2. The molecule has 2 nitrogen and oxygen atoms in total. The SMILES string of the molecule is Fc1c(F)c(F)c(-c2ccc(-c3ccc4cc(-c5ccc(-c6nc7ccccc7s6)cc5)cnc4c3)cc2)c(F)c1F. The van der Waals surface area contributed by atoms with Crippen LogP contribution in [0.4, 0.5) is 22.0 Å². The molecule has 7 aromatic rings. The lowest BCUT2D eigenvalue weighted by atomic mass is 9.98. The maximum absolute atomic E-state index is 14.2. The summed E-state index contributed by atoms with van der Waals surface area (Å²) < 4.78 is 70.4. The summed E-state index contributed by atoms with van der Waals surface area (Å²) in [4.78, 5) is 9.37. The minimum absolute atomic E-state index is 0.121. The van der Waals surface area contributed by atoms with Gasteiger partial charge < -0.3 is 0 Å². The molecule has 2 aromatic heterocycles. The molecule has 0 unspecified atom stereocenters. The largest absolute Gasteiger partial charge is 0.256 e. The maximum Gasteiger partial charge on any atom is 0.200 e. The fourth-order valence-corrected chi connectivity index (χ4v) is 5.92. The van der Waals surface area contributed by atoms with Crippen LogP contribution in [0.15, 0.2) is 103 Å². The Morgan fingerprint density at radius 2 is 1.05 bits per heavy atom. The molecule has 0 amide bonds. The smallest absolute Gasteiger partial charge is 0.200 e. The molecule has 8 heteroatoms. The van der Waals surface area contributed by atoms with Crippen molar-refractivity contribution < 1.29 is 22.0 Å². The molecule has 0 aliphatic heterocycles. The molecule has 0 saturated heterocycles. The van der Waals surface area contributed by atoms with E-state index in [4.69, 9.17) is 4.98 Å². The Balaban J connectivity index is 1.15. The van der Waals surface area contributed by atoms with E-state index < -0.39 is 34.6 Å². The number of para-hydroxylation sites is 1. The fourth-order valence-electron chi connectivity index (χ4n) is 4.95. The van der Waals surface area contributed by atoms with Gasteiger partial charge in [0.1, 0.15) is 5.01 Å². The topological polar surface area (TPSA) is 25.8 Å².